The molecule has 0 bridgehead atoms. The SMILES string of the molecule is C#C.C/C=C\C=C(\CSc1c(C)cccc1C)CN1CCC(/C(C)=C/C=C\C)CC1. The van der Waals surface area contributed by atoms with Crippen LogP contribution in [0.2, 0.25) is 0 Å². The Hall–Kier alpha value is -1.95. The minimum absolute atomic E-state index is 0.749. The number of allylic oxidation sites excluding steroid dienone is 7. The van der Waals surface area contributed by atoms with E-state index in [-0.39, 0.29) is 0 Å². The highest BCUT2D eigenvalue weighted by Crippen LogP contribution is 2.29. The van der Waals surface area contributed by atoms with Gasteiger partial charge in [0.1, 0.15) is 0 Å². The summed E-state index contributed by atoms with van der Waals surface area (Å²) < 4.78 is 0. The summed E-state index contributed by atoms with van der Waals surface area (Å²) in [5.41, 5.74) is 5.83. The third-order valence-corrected chi connectivity index (χ3v) is 6.99. The molecule has 1 aromatic rings. The molecule has 0 radical (unpaired) electrons. The van der Waals surface area contributed by atoms with Crippen molar-refractivity contribution < 1.29 is 0 Å². The average molecular weight is 422 g/mol. The second kappa shape index (κ2) is 14.9. The monoisotopic (exact) mass is 421 g/mol. The largest absolute Gasteiger partial charge is 0.299 e. The van der Waals surface area contributed by atoms with Gasteiger partial charge in [-0.3, -0.25) is 4.90 Å². The third-order valence-electron chi connectivity index (χ3n) is 5.54. The van der Waals surface area contributed by atoms with Crippen LogP contribution < -0.4 is 0 Å². The lowest BCUT2D eigenvalue weighted by Gasteiger charge is -2.33. The maximum absolute atomic E-state index is 4.00. The quantitative estimate of drug-likeness (QED) is 0.245. The molecule has 0 unspecified atom stereocenters. The smallest absolute Gasteiger partial charge is 0.0206 e. The van der Waals surface area contributed by atoms with Gasteiger partial charge in [0.15, 0.2) is 0 Å². The number of thioether (sulfide) groups is 1. The second-order valence-electron chi connectivity index (χ2n) is 7.85. The first kappa shape index (κ1) is 26.1. The fourth-order valence-corrected chi connectivity index (χ4v) is 4.90. The molecule has 1 fully saturated rings. The second-order valence-corrected chi connectivity index (χ2v) is 8.83. The Labute approximate surface area is 190 Å². The number of likely N-dealkylation sites (tertiary alicyclic amines) is 1. The van der Waals surface area contributed by atoms with E-state index in [1.54, 1.807) is 0 Å². The van der Waals surface area contributed by atoms with Gasteiger partial charge in [-0.25, -0.2) is 0 Å². The minimum Gasteiger partial charge on any atom is -0.299 e. The van der Waals surface area contributed by atoms with E-state index in [2.05, 4.69) is 107 Å². The fourth-order valence-electron chi connectivity index (χ4n) is 3.79. The zero-order chi connectivity index (χ0) is 22.4. The minimum atomic E-state index is 0.749. The molecule has 0 aliphatic carbocycles. The highest BCUT2D eigenvalue weighted by molar-refractivity contribution is 7.99. The van der Waals surface area contributed by atoms with Crippen LogP contribution in [0, 0.1) is 32.6 Å². The van der Waals surface area contributed by atoms with Crippen molar-refractivity contribution in [1.82, 2.24) is 4.90 Å². The first-order valence-corrected chi connectivity index (χ1v) is 11.9. The molecule has 1 aromatic carbocycles. The lowest BCUT2D eigenvalue weighted by atomic mass is 9.89. The molecule has 30 heavy (non-hydrogen) atoms. The molecule has 1 aliphatic rings. The Balaban J connectivity index is 0.00000218. The zero-order valence-corrected chi connectivity index (χ0v) is 20.3. The summed E-state index contributed by atoms with van der Waals surface area (Å²) in [7, 11) is 0. The maximum atomic E-state index is 4.00. The van der Waals surface area contributed by atoms with Crippen molar-refractivity contribution in [1.29, 1.82) is 0 Å². The van der Waals surface area contributed by atoms with Crippen LogP contribution in [0.4, 0.5) is 0 Å². The van der Waals surface area contributed by atoms with Crippen molar-refractivity contribution in [2.75, 3.05) is 25.4 Å². The van der Waals surface area contributed by atoms with Crippen LogP contribution in [-0.2, 0) is 0 Å². The van der Waals surface area contributed by atoms with Gasteiger partial charge in [0.2, 0.25) is 0 Å². The fraction of sp³-hybridized carbons (Fsp3) is 0.429. The molecule has 0 amide bonds. The number of nitrogens with zero attached hydrogens (tertiary/aromatic N) is 1. The topological polar surface area (TPSA) is 3.24 Å². The summed E-state index contributed by atoms with van der Waals surface area (Å²) in [6.07, 6.45) is 23.8. The van der Waals surface area contributed by atoms with Gasteiger partial charge < -0.3 is 0 Å². The zero-order valence-electron chi connectivity index (χ0n) is 19.5. The molecule has 0 atom stereocenters. The first-order valence-electron chi connectivity index (χ1n) is 10.9. The first-order chi connectivity index (χ1) is 14.5. The van der Waals surface area contributed by atoms with Crippen LogP contribution in [-0.4, -0.2) is 30.3 Å². The van der Waals surface area contributed by atoms with Gasteiger partial charge in [0, 0.05) is 17.2 Å². The number of piperidine rings is 1. The molecule has 1 aliphatic heterocycles. The Morgan fingerprint density at radius 3 is 2.17 bits per heavy atom. The molecule has 0 saturated carbocycles. The van der Waals surface area contributed by atoms with Crippen molar-refractivity contribution in [3.8, 4) is 12.8 Å². The Morgan fingerprint density at radius 2 is 1.60 bits per heavy atom. The molecule has 1 nitrogen and oxygen atoms in total. The lowest BCUT2D eigenvalue weighted by molar-refractivity contribution is 0.213. The summed E-state index contributed by atoms with van der Waals surface area (Å²) in [6, 6.07) is 6.60. The predicted octanol–water partition coefficient (Wildman–Crippen LogP) is 7.38. The van der Waals surface area contributed by atoms with E-state index in [9.17, 15) is 0 Å². The van der Waals surface area contributed by atoms with Crippen molar-refractivity contribution in [3.05, 3.63) is 76.9 Å². The normalized spacial score (nSPS) is 16.8. The lowest BCUT2D eigenvalue weighted by Crippen LogP contribution is -2.35. The Kier molecular flexibility index (Phi) is 13.0. The number of benzene rings is 1. The van der Waals surface area contributed by atoms with Crippen LogP contribution in [0.5, 0.6) is 0 Å². The standard InChI is InChI=1S/C26H37NS.C2H2/c1-6-8-11-21(3)25-15-17-27(18-16-25)19-24(14-9-7-2)20-28-26-22(4)12-10-13-23(26)5;1-2/h6-14,25H,15-20H2,1-5H3;1-2H/b8-6-,9-7-,21-11+,24-14+;. The molecule has 0 spiro atoms. The number of rotatable bonds is 8. The number of hydrogen-bond donors (Lipinski definition) is 0. The van der Waals surface area contributed by atoms with E-state index in [1.165, 1.54) is 53.1 Å². The van der Waals surface area contributed by atoms with Crippen molar-refractivity contribution in [3.63, 3.8) is 0 Å². The van der Waals surface area contributed by atoms with Crippen LogP contribution in [0.1, 0.15) is 44.7 Å². The summed E-state index contributed by atoms with van der Waals surface area (Å²) in [5.74, 6) is 1.82. The van der Waals surface area contributed by atoms with Gasteiger partial charge in [-0.15, -0.1) is 24.6 Å². The van der Waals surface area contributed by atoms with Crippen LogP contribution in [0.3, 0.4) is 0 Å². The predicted molar refractivity (Wildman–Crippen MR) is 137 cm³/mol. The molecular formula is C28H39NS. The molecule has 2 heteroatoms. The van der Waals surface area contributed by atoms with Gasteiger partial charge in [-0.2, -0.15) is 0 Å². The molecule has 0 aromatic heterocycles. The highest BCUT2D eigenvalue weighted by atomic mass is 32.2. The Morgan fingerprint density at radius 1 is 1.03 bits per heavy atom. The van der Waals surface area contributed by atoms with E-state index in [4.69, 9.17) is 0 Å². The van der Waals surface area contributed by atoms with Crippen LogP contribution in [0.15, 0.2) is 70.7 Å². The molecule has 162 valence electrons. The van der Waals surface area contributed by atoms with Gasteiger partial charge in [0.05, 0.1) is 0 Å². The van der Waals surface area contributed by atoms with Gasteiger partial charge in [-0.05, 0) is 83.2 Å². The van der Waals surface area contributed by atoms with E-state index >= 15 is 0 Å². The number of terminal acetylenes is 1. The van der Waals surface area contributed by atoms with Crippen molar-refractivity contribution in [2.45, 2.75) is 52.4 Å². The molecule has 2 rings (SSSR count). The molecular weight excluding hydrogens is 382 g/mol. The summed E-state index contributed by atoms with van der Waals surface area (Å²) in [6.45, 7) is 14.4. The van der Waals surface area contributed by atoms with Crippen LogP contribution >= 0.6 is 11.8 Å². The molecule has 0 N–H and O–H groups in total. The van der Waals surface area contributed by atoms with Crippen LogP contribution in [0.25, 0.3) is 0 Å². The summed E-state index contributed by atoms with van der Waals surface area (Å²) >= 11 is 1.99. The molecule has 1 heterocycles. The number of aryl methyl sites for hydroxylation is 2. The third kappa shape index (κ3) is 8.82. The van der Waals surface area contributed by atoms with Crippen molar-refractivity contribution >= 4 is 11.8 Å². The maximum Gasteiger partial charge on any atom is 0.0206 e. The van der Waals surface area contributed by atoms with E-state index < -0.39 is 0 Å². The van der Waals surface area contributed by atoms with Crippen molar-refractivity contribution in [2.24, 2.45) is 5.92 Å². The summed E-state index contributed by atoms with van der Waals surface area (Å²) in [5, 5.41) is 0. The Bertz CT molecular complexity index is 751. The van der Waals surface area contributed by atoms with E-state index in [1.807, 2.05) is 11.8 Å². The van der Waals surface area contributed by atoms with Gasteiger partial charge in [0.25, 0.3) is 0 Å². The summed E-state index contributed by atoms with van der Waals surface area (Å²) in [4.78, 5) is 4.08. The number of hydrogen-bond acceptors (Lipinski definition) is 2. The highest BCUT2D eigenvalue weighted by Gasteiger charge is 2.20. The van der Waals surface area contributed by atoms with Gasteiger partial charge >= 0.3 is 0 Å². The van der Waals surface area contributed by atoms with E-state index in [0.29, 0.717) is 0 Å². The van der Waals surface area contributed by atoms with Gasteiger partial charge in [-0.1, -0.05) is 60.2 Å². The van der Waals surface area contributed by atoms with E-state index in [0.717, 1.165) is 18.2 Å². The molecule has 1 saturated heterocycles. The average Bonchev–Trinajstić information content (AvgIpc) is 2.77.